The van der Waals surface area contributed by atoms with Crippen LogP contribution in [0.2, 0.25) is 0 Å². The Morgan fingerprint density at radius 1 is 1.19 bits per heavy atom. The predicted octanol–water partition coefficient (Wildman–Crippen LogP) is 2.57. The molecule has 0 aliphatic heterocycles. The Hall–Kier alpha value is -4.20. The molecule has 3 aromatic rings. The molecule has 0 spiro atoms. The summed E-state index contributed by atoms with van der Waals surface area (Å²) in [5.41, 5.74) is 0.524. The van der Waals surface area contributed by atoms with Crippen molar-refractivity contribution >= 4 is 40.5 Å². The Kier molecular flexibility index (Phi) is 9.38. The van der Waals surface area contributed by atoms with Gasteiger partial charge in [-0.25, -0.2) is 4.79 Å². The van der Waals surface area contributed by atoms with E-state index < -0.39 is 11.9 Å². The highest BCUT2D eigenvalue weighted by Gasteiger charge is 2.17. The summed E-state index contributed by atoms with van der Waals surface area (Å²) in [5, 5.41) is 21.6. The number of hydrogen-bond donors (Lipinski definition) is 2. The largest absolute Gasteiger partial charge is 0.490 e. The van der Waals surface area contributed by atoms with Crippen LogP contribution in [0.1, 0.15) is 36.2 Å². The summed E-state index contributed by atoms with van der Waals surface area (Å²) in [7, 11) is 1.55. The summed E-state index contributed by atoms with van der Waals surface area (Å²) >= 11 is 1.04. The van der Waals surface area contributed by atoms with Crippen LogP contribution in [0.5, 0.6) is 5.75 Å². The summed E-state index contributed by atoms with van der Waals surface area (Å²) in [6, 6.07) is 14.8. The first-order valence-corrected chi connectivity index (χ1v) is 12.3. The zero-order chi connectivity index (χ0) is 26.9. The van der Waals surface area contributed by atoms with E-state index in [1.165, 1.54) is 28.8 Å². The van der Waals surface area contributed by atoms with Gasteiger partial charge in [-0.2, -0.15) is 5.26 Å². The van der Waals surface area contributed by atoms with Gasteiger partial charge in [-0.3, -0.25) is 14.2 Å². The number of carboxylic acids is 1. The molecule has 1 heterocycles. The quantitative estimate of drug-likeness (QED) is 0.392. The Morgan fingerprint density at radius 3 is 2.51 bits per heavy atom. The molecule has 0 saturated heterocycles. The summed E-state index contributed by atoms with van der Waals surface area (Å²) in [6.07, 6.45) is 2.13. The first-order valence-electron chi connectivity index (χ1n) is 11.5. The second-order valence-electron chi connectivity index (χ2n) is 8.25. The van der Waals surface area contributed by atoms with Crippen molar-refractivity contribution in [3.05, 3.63) is 79.2 Å². The van der Waals surface area contributed by atoms with Gasteiger partial charge in [-0.05, 0) is 56.7 Å². The molecule has 0 bridgehead atoms. The van der Waals surface area contributed by atoms with E-state index in [-0.39, 0.29) is 34.0 Å². The minimum Gasteiger partial charge on any atom is -0.490 e. The van der Waals surface area contributed by atoms with E-state index >= 15 is 0 Å². The van der Waals surface area contributed by atoms with Crippen molar-refractivity contribution in [2.24, 2.45) is 0 Å². The van der Waals surface area contributed by atoms with Gasteiger partial charge in [-0.15, -0.1) is 11.3 Å². The number of rotatable bonds is 10. The molecule has 0 aliphatic rings. The summed E-state index contributed by atoms with van der Waals surface area (Å²) in [6.45, 7) is 4.47. The molecular formula is C27H27N3O6S. The van der Waals surface area contributed by atoms with E-state index in [2.05, 4.69) is 5.32 Å². The van der Waals surface area contributed by atoms with E-state index in [0.717, 1.165) is 11.3 Å². The number of methoxy groups -OCH3 is 1. The van der Waals surface area contributed by atoms with E-state index in [1.807, 2.05) is 44.2 Å². The summed E-state index contributed by atoms with van der Waals surface area (Å²) in [5.74, 6) is -1.18. The maximum Gasteiger partial charge on any atom is 0.335 e. The normalized spacial score (nSPS) is 12.2. The highest BCUT2D eigenvalue weighted by atomic mass is 32.1. The number of aromatic carboxylic acids is 1. The van der Waals surface area contributed by atoms with E-state index in [0.29, 0.717) is 34.6 Å². The Balaban J connectivity index is 2.12. The first-order chi connectivity index (χ1) is 17.7. The third-order valence-corrected chi connectivity index (χ3v) is 6.28. The van der Waals surface area contributed by atoms with Crippen LogP contribution in [-0.4, -0.2) is 41.4 Å². The maximum absolute atomic E-state index is 13.4. The third-order valence-electron chi connectivity index (χ3n) is 5.15. The number of ether oxygens (including phenoxy) is 2. The molecule has 192 valence electrons. The van der Waals surface area contributed by atoms with E-state index in [1.54, 1.807) is 13.2 Å². The lowest BCUT2D eigenvalue weighted by atomic mass is 10.2. The van der Waals surface area contributed by atoms with Crippen molar-refractivity contribution in [2.75, 3.05) is 19.0 Å². The standard InChI is InChI=1S/C27H27N3O6S/c1-17(2)36-22-8-5-4-7-19(22)15-23-25(32)30(13-6-14-35-3)26(37-23)21(16-28)24(31)29-20-11-9-18(10-12-20)27(33)34/h4-5,7-12,15,17H,6,13-14H2,1-3H3,(H,29,31)(H,33,34)/b23-15?,26-21-. The van der Waals surface area contributed by atoms with Crippen molar-refractivity contribution in [3.63, 3.8) is 0 Å². The van der Waals surface area contributed by atoms with Gasteiger partial charge >= 0.3 is 5.97 Å². The second-order valence-corrected chi connectivity index (χ2v) is 9.28. The second kappa shape index (κ2) is 12.7. The number of nitriles is 1. The fourth-order valence-electron chi connectivity index (χ4n) is 3.46. The molecule has 3 rings (SSSR count). The molecule has 0 atom stereocenters. The number of para-hydroxylation sites is 1. The van der Waals surface area contributed by atoms with Crippen molar-refractivity contribution in [2.45, 2.75) is 32.9 Å². The van der Waals surface area contributed by atoms with Crippen LogP contribution in [-0.2, 0) is 16.1 Å². The number of amides is 1. The minimum atomic E-state index is -1.09. The zero-order valence-corrected chi connectivity index (χ0v) is 21.5. The number of aromatic nitrogens is 1. The van der Waals surface area contributed by atoms with Crippen LogP contribution in [0.25, 0.3) is 11.6 Å². The van der Waals surface area contributed by atoms with E-state index in [9.17, 15) is 19.6 Å². The Labute approximate surface area is 217 Å². The van der Waals surface area contributed by atoms with Gasteiger partial charge in [0.2, 0.25) is 0 Å². The SMILES string of the molecule is COCCCn1c(=O)c(=Cc2ccccc2OC(C)C)s/c1=C(/C#N)C(=O)Nc1ccc(C(=O)O)cc1. The van der Waals surface area contributed by atoms with Crippen LogP contribution in [0.15, 0.2) is 53.3 Å². The molecule has 0 unspecified atom stereocenters. The van der Waals surface area contributed by atoms with Crippen LogP contribution >= 0.6 is 11.3 Å². The topological polar surface area (TPSA) is 131 Å². The molecule has 10 heteroatoms. The van der Waals surface area contributed by atoms with Crippen molar-refractivity contribution < 1.29 is 24.2 Å². The van der Waals surface area contributed by atoms with E-state index in [4.69, 9.17) is 14.6 Å². The minimum absolute atomic E-state index is 0.0640. The van der Waals surface area contributed by atoms with Crippen LogP contribution < -0.4 is 24.8 Å². The molecular weight excluding hydrogens is 494 g/mol. The average molecular weight is 522 g/mol. The van der Waals surface area contributed by atoms with Crippen molar-refractivity contribution in [3.8, 4) is 11.8 Å². The maximum atomic E-state index is 13.4. The highest BCUT2D eigenvalue weighted by molar-refractivity contribution is 7.07. The number of carbonyl (C=O) groups excluding carboxylic acids is 1. The molecule has 9 nitrogen and oxygen atoms in total. The lowest BCUT2D eigenvalue weighted by Gasteiger charge is -2.11. The monoisotopic (exact) mass is 521 g/mol. The number of benzene rings is 2. The number of nitrogens with zero attached hydrogens (tertiary/aromatic N) is 2. The zero-order valence-electron chi connectivity index (χ0n) is 20.7. The van der Waals surface area contributed by atoms with Gasteiger partial charge in [0.05, 0.1) is 16.2 Å². The molecule has 37 heavy (non-hydrogen) atoms. The molecule has 0 saturated carbocycles. The average Bonchev–Trinajstić information content (AvgIpc) is 3.15. The molecule has 2 N–H and O–H groups in total. The van der Waals surface area contributed by atoms with Crippen molar-refractivity contribution in [1.82, 2.24) is 4.57 Å². The molecule has 0 fully saturated rings. The van der Waals surface area contributed by atoms with Crippen molar-refractivity contribution in [1.29, 1.82) is 5.26 Å². The van der Waals surface area contributed by atoms with Gasteiger partial charge in [-0.1, -0.05) is 18.2 Å². The predicted molar refractivity (Wildman–Crippen MR) is 141 cm³/mol. The molecule has 1 amide bonds. The van der Waals surface area contributed by atoms with Crippen LogP contribution in [0.3, 0.4) is 0 Å². The Morgan fingerprint density at radius 2 is 1.89 bits per heavy atom. The summed E-state index contributed by atoms with van der Waals surface area (Å²) in [4.78, 5) is 37.5. The number of carboxylic acid groups (broad SMARTS) is 1. The van der Waals surface area contributed by atoms with Gasteiger partial charge in [0.15, 0.2) is 5.57 Å². The third kappa shape index (κ3) is 6.94. The van der Waals surface area contributed by atoms with Crippen LogP contribution in [0, 0.1) is 11.3 Å². The highest BCUT2D eigenvalue weighted by Crippen LogP contribution is 2.20. The number of anilines is 1. The Bertz CT molecular complexity index is 1500. The molecule has 1 aromatic heterocycles. The fraction of sp³-hybridized carbons (Fsp3) is 0.259. The van der Waals surface area contributed by atoms with Gasteiger partial charge in [0.25, 0.3) is 11.5 Å². The smallest absolute Gasteiger partial charge is 0.335 e. The van der Waals surface area contributed by atoms with Gasteiger partial charge in [0, 0.05) is 31.5 Å². The molecule has 2 aromatic carbocycles. The lowest BCUT2D eigenvalue weighted by molar-refractivity contribution is -0.111. The fourth-order valence-corrected chi connectivity index (χ4v) is 4.58. The van der Waals surface area contributed by atoms with Gasteiger partial charge in [0.1, 0.15) is 16.5 Å². The molecule has 0 radical (unpaired) electrons. The first kappa shape index (κ1) is 27.4. The summed E-state index contributed by atoms with van der Waals surface area (Å²) < 4.78 is 12.9. The number of carbonyl (C=O) groups is 2. The number of hydrogen-bond acceptors (Lipinski definition) is 7. The van der Waals surface area contributed by atoms with Crippen LogP contribution in [0.4, 0.5) is 5.69 Å². The number of nitrogens with one attached hydrogen (secondary N) is 1. The lowest BCUT2D eigenvalue weighted by Crippen LogP contribution is -2.34. The number of thiazole rings is 1. The molecule has 0 aliphatic carbocycles. The van der Waals surface area contributed by atoms with Gasteiger partial charge < -0.3 is 19.9 Å².